The molecule has 0 unspecified atom stereocenters. The third-order valence-corrected chi connectivity index (χ3v) is 9.85. The summed E-state index contributed by atoms with van der Waals surface area (Å²) in [7, 11) is 0. The van der Waals surface area contributed by atoms with Gasteiger partial charge in [-0.1, -0.05) is 44.0 Å². The maximum atomic E-state index is 12.7. The summed E-state index contributed by atoms with van der Waals surface area (Å²) in [5, 5.41) is 11.4. The summed E-state index contributed by atoms with van der Waals surface area (Å²) >= 11 is 0. The lowest BCUT2D eigenvalue weighted by molar-refractivity contribution is -0.138. The molecule has 7 heterocycles. The number of hydrogen-bond acceptors (Lipinski definition) is 8. The summed E-state index contributed by atoms with van der Waals surface area (Å²) in [6.45, 7) is 5.76. The average Bonchev–Trinajstić information content (AvgIpc) is 3.74. The molecule has 4 aliphatic heterocycles. The van der Waals surface area contributed by atoms with Crippen molar-refractivity contribution in [2.45, 2.75) is 76.0 Å². The molecule has 0 radical (unpaired) electrons. The number of carbonyl (C=O) groups is 1. The molecule has 0 amide bonds. The first-order valence-corrected chi connectivity index (χ1v) is 16.1. The molecule has 6 bridgehead atoms. The van der Waals surface area contributed by atoms with Crippen LogP contribution < -0.4 is 9.64 Å². The number of aromatic nitrogens is 4. The Morgan fingerprint density at radius 2 is 1.75 bits per heavy atom. The van der Waals surface area contributed by atoms with Crippen molar-refractivity contribution in [3.05, 3.63) is 54.4 Å². The van der Waals surface area contributed by atoms with E-state index in [0.717, 1.165) is 85.1 Å². The lowest BCUT2D eigenvalue weighted by Gasteiger charge is -2.33. The van der Waals surface area contributed by atoms with Crippen molar-refractivity contribution in [1.82, 2.24) is 24.4 Å². The van der Waals surface area contributed by atoms with Gasteiger partial charge in [-0.3, -0.25) is 4.57 Å². The third kappa shape index (κ3) is 4.76. The van der Waals surface area contributed by atoms with Crippen LogP contribution in [0.3, 0.4) is 0 Å². The highest BCUT2D eigenvalue weighted by molar-refractivity contribution is 6.06. The molecule has 1 N–H and O–H groups in total. The molecular formula is C34H38N6O4. The zero-order chi connectivity index (χ0) is 29.8. The number of fused-ring (bicyclic) bond motifs is 11. The third-order valence-electron chi connectivity index (χ3n) is 9.85. The molecule has 4 aliphatic rings. The van der Waals surface area contributed by atoms with Crippen molar-refractivity contribution >= 4 is 44.9 Å². The van der Waals surface area contributed by atoms with Crippen LogP contribution >= 0.6 is 0 Å². The Kier molecular flexibility index (Phi) is 6.89. The van der Waals surface area contributed by atoms with Crippen LogP contribution in [0.1, 0.15) is 69.7 Å². The normalized spacial score (nSPS) is 26.3. The fourth-order valence-corrected chi connectivity index (χ4v) is 7.46. The van der Waals surface area contributed by atoms with Crippen molar-refractivity contribution in [3.63, 3.8) is 0 Å². The molecule has 3 aromatic heterocycles. The fourth-order valence-electron chi connectivity index (χ4n) is 7.46. The molecule has 0 spiro atoms. The van der Waals surface area contributed by atoms with Gasteiger partial charge in [-0.25, -0.2) is 14.8 Å². The predicted molar refractivity (Wildman–Crippen MR) is 168 cm³/mol. The number of hydrogen-bond donors (Lipinski definition) is 1. The first-order chi connectivity index (χ1) is 21.5. The van der Waals surface area contributed by atoms with Gasteiger partial charge in [0.2, 0.25) is 0 Å². The standard InChI is InChI=1S/C34H38N6O4/c1-21-9-3-2-8-16-38-17-14-22(15-18-38)40-26-12-6-5-11-25(26)35-34(40)43-23-19-27(33(41)42)39(20-23)32-30-29(36-31(21)37-32)24-10-4-7-13-28(24)44-30/h4-7,10-13,21-23,27H,2-3,8-9,14-20H2,1H3,(H,41,42)/t21-,23+,27+/m1/s1. The summed E-state index contributed by atoms with van der Waals surface area (Å²) in [4.78, 5) is 32.2. The van der Waals surface area contributed by atoms with Crippen LogP contribution in [0.4, 0.5) is 5.82 Å². The SMILES string of the molecule is C[C@@H]1CCCCCN2CCC(CC2)n2c(nc3ccccc32)O[C@H]2C[C@@H](C(=O)O)N(C2)c2nc1nc1c2oc2ccccc21. The smallest absolute Gasteiger partial charge is 0.326 e. The molecule has 3 atom stereocenters. The Morgan fingerprint density at radius 3 is 2.61 bits per heavy atom. The van der Waals surface area contributed by atoms with Gasteiger partial charge in [-0.15, -0.1) is 0 Å². The molecule has 2 fully saturated rings. The Balaban J connectivity index is 1.24. The number of rotatable bonds is 1. The fraction of sp³-hybridized carbons (Fsp3) is 0.471. The summed E-state index contributed by atoms with van der Waals surface area (Å²) in [6, 6.07) is 16.1. The van der Waals surface area contributed by atoms with Gasteiger partial charge in [0.25, 0.3) is 6.01 Å². The number of carboxylic acids is 1. The summed E-state index contributed by atoms with van der Waals surface area (Å²) < 4.78 is 15.3. The van der Waals surface area contributed by atoms with E-state index in [1.54, 1.807) is 0 Å². The molecule has 228 valence electrons. The zero-order valence-electron chi connectivity index (χ0n) is 25.1. The Labute approximate surface area is 255 Å². The van der Waals surface area contributed by atoms with Crippen LogP contribution in [0.5, 0.6) is 6.01 Å². The van der Waals surface area contributed by atoms with Crippen LogP contribution in [0, 0.1) is 0 Å². The van der Waals surface area contributed by atoms with Crippen molar-refractivity contribution in [2.75, 3.05) is 31.1 Å². The number of piperidine rings is 1. The second kappa shape index (κ2) is 11.1. The zero-order valence-corrected chi connectivity index (χ0v) is 25.1. The second-order valence-electron chi connectivity index (χ2n) is 12.7. The quantitative estimate of drug-likeness (QED) is 0.244. The van der Waals surface area contributed by atoms with Crippen molar-refractivity contribution in [2.24, 2.45) is 0 Å². The van der Waals surface area contributed by atoms with Crippen LogP contribution in [-0.4, -0.2) is 73.8 Å². The van der Waals surface area contributed by atoms with E-state index in [2.05, 4.69) is 22.5 Å². The average molecular weight is 595 g/mol. The van der Waals surface area contributed by atoms with E-state index >= 15 is 0 Å². The number of carboxylic acid groups (broad SMARTS) is 1. The molecule has 2 aromatic carbocycles. The highest BCUT2D eigenvalue weighted by atomic mass is 16.5. The highest BCUT2D eigenvalue weighted by Gasteiger charge is 2.42. The summed E-state index contributed by atoms with van der Waals surface area (Å²) in [6.07, 6.45) is 6.41. The molecule has 5 aromatic rings. The van der Waals surface area contributed by atoms with Crippen molar-refractivity contribution in [3.8, 4) is 6.01 Å². The van der Waals surface area contributed by atoms with Crippen LogP contribution in [-0.2, 0) is 4.79 Å². The van der Waals surface area contributed by atoms with E-state index in [1.807, 2.05) is 47.4 Å². The molecule has 0 aliphatic carbocycles. The van der Waals surface area contributed by atoms with Gasteiger partial charge in [-0.05, 0) is 56.5 Å². The van der Waals surface area contributed by atoms with E-state index < -0.39 is 12.0 Å². The monoisotopic (exact) mass is 594 g/mol. The van der Waals surface area contributed by atoms with E-state index in [4.69, 9.17) is 24.1 Å². The number of imidazole rings is 1. The minimum atomic E-state index is -0.906. The number of furan rings is 1. The number of aliphatic carboxylic acids is 1. The largest absolute Gasteiger partial charge is 0.480 e. The Hall–Kier alpha value is -4.18. The van der Waals surface area contributed by atoms with Gasteiger partial charge >= 0.3 is 5.97 Å². The topological polar surface area (TPSA) is 110 Å². The van der Waals surface area contributed by atoms with Gasteiger partial charge in [0.05, 0.1) is 17.6 Å². The Bertz CT molecular complexity index is 1840. The molecule has 9 rings (SSSR count). The molecule has 2 saturated heterocycles. The van der Waals surface area contributed by atoms with Gasteiger partial charge in [0.1, 0.15) is 29.1 Å². The minimum absolute atomic E-state index is 0.127. The highest BCUT2D eigenvalue weighted by Crippen LogP contribution is 2.39. The summed E-state index contributed by atoms with van der Waals surface area (Å²) in [5.41, 5.74) is 3.94. The van der Waals surface area contributed by atoms with E-state index in [9.17, 15) is 9.90 Å². The number of para-hydroxylation sites is 3. The molecule has 10 heteroatoms. The van der Waals surface area contributed by atoms with Gasteiger partial charge in [0.15, 0.2) is 11.4 Å². The molecule has 0 saturated carbocycles. The van der Waals surface area contributed by atoms with Gasteiger partial charge in [-0.2, -0.15) is 4.98 Å². The first-order valence-electron chi connectivity index (χ1n) is 16.1. The number of anilines is 1. The first kappa shape index (κ1) is 27.4. The Morgan fingerprint density at radius 1 is 0.932 bits per heavy atom. The van der Waals surface area contributed by atoms with Crippen molar-refractivity contribution < 1.29 is 19.1 Å². The van der Waals surface area contributed by atoms with Gasteiger partial charge < -0.3 is 24.1 Å². The van der Waals surface area contributed by atoms with Crippen LogP contribution in [0.2, 0.25) is 0 Å². The van der Waals surface area contributed by atoms with Crippen LogP contribution in [0.15, 0.2) is 52.9 Å². The second-order valence-corrected chi connectivity index (χ2v) is 12.7. The molecule has 44 heavy (non-hydrogen) atoms. The lowest BCUT2D eigenvalue weighted by atomic mass is 10.0. The van der Waals surface area contributed by atoms with E-state index in [0.29, 0.717) is 30.4 Å². The molecular weight excluding hydrogens is 556 g/mol. The number of nitrogens with zero attached hydrogens (tertiary/aromatic N) is 6. The number of ether oxygens (including phenoxy) is 1. The van der Waals surface area contributed by atoms with Crippen LogP contribution in [0.25, 0.3) is 33.1 Å². The molecule has 10 nitrogen and oxygen atoms in total. The van der Waals surface area contributed by atoms with E-state index in [-0.39, 0.29) is 18.1 Å². The maximum absolute atomic E-state index is 12.7. The summed E-state index contributed by atoms with van der Waals surface area (Å²) in [5.74, 6) is 0.484. The minimum Gasteiger partial charge on any atom is -0.480 e. The predicted octanol–water partition coefficient (Wildman–Crippen LogP) is 6.15. The van der Waals surface area contributed by atoms with Crippen molar-refractivity contribution in [1.29, 1.82) is 0 Å². The lowest BCUT2D eigenvalue weighted by Crippen LogP contribution is -2.37. The number of benzene rings is 2. The van der Waals surface area contributed by atoms with E-state index in [1.165, 1.54) is 6.42 Å². The maximum Gasteiger partial charge on any atom is 0.326 e. The van der Waals surface area contributed by atoms with Gasteiger partial charge in [0, 0.05) is 36.9 Å².